The van der Waals surface area contributed by atoms with E-state index in [2.05, 4.69) is 10.00 Å². The number of rotatable bonds is 10. The van der Waals surface area contributed by atoms with Gasteiger partial charge in [-0.05, 0) is 36.1 Å². The number of Topliss-reactive ketones (excluding diaryl/α,β-unsaturated/α-hetero) is 1. The maximum Gasteiger partial charge on any atom is 0.351 e. The Balaban J connectivity index is 1.67. The summed E-state index contributed by atoms with van der Waals surface area (Å²) in [7, 11) is 1.63. The minimum atomic E-state index is -0.384. The van der Waals surface area contributed by atoms with Gasteiger partial charge in [-0.25, -0.2) is 4.79 Å². The molecule has 3 aromatic rings. The second kappa shape index (κ2) is 11.9. The van der Waals surface area contributed by atoms with Gasteiger partial charge in [0.2, 0.25) is 0 Å². The predicted octanol–water partition coefficient (Wildman–Crippen LogP) is 3.85. The molecule has 36 heavy (non-hydrogen) atoms. The number of halogens is 1. The minimum absolute atomic E-state index is 0.0223. The lowest BCUT2D eigenvalue weighted by Gasteiger charge is -2.26. The number of ether oxygens (including phenoxy) is 2. The van der Waals surface area contributed by atoms with E-state index in [4.69, 9.17) is 21.1 Å². The Labute approximate surface area is 216 Å². The SMILES string of the molecule is COc1cc(-n2nc(-c3cccc(Cl)c3)n(CC(=O)CC(C)C)c2=O)ccc1CCN1CCOCC1. The number of morpholine rings is 1. The minimum Gasteiger partial charge on any atom is -0.496 e. The van der Waals surface area contributed by atoms with Crippen molar-refractivity contribution in [1.29, 1.82) is 0 Å². The van der Waals surface area contributed by atoms with Crippen LogP contribution < -0.4 is 10.4 Å². The summed E-state index contributed by atoms with van der Waals surface area (Å²) in [6.07, 6.45) is 1.21. The Morgan fingerprint density at radius 2 is 1.94 bits per heavy atom. The van der Waals surface area contributed by atoms with Gasteiger partial charge in [0.25, 0.3) is 0 Å². The van der Waals surface area contributed by atoms with Gasteiger partial charge >= 0.3 is 5.69 Å². The van der Waals surface area contributed by atoms with Crippen molar-refractivity contribution in [2.45, 2.75) is 33.2 Å². The second-order valence-electron chi connectivity index (χ2n) is 9.45. The number of ketones is 1. The normalized spacial score (nSPS) is 14.4. The van der Waals surface area contributed by atoms with Crippen LogP contribution in [0.15, 0.2) is 47.3 Å². The number of nitrogens with zero attached hydrogens (tertiary/aromatic N) is 4. The maximum absolute atomic E-state index is 13.5. The molecular formula is C27H33ClN4O4. The van der Waals surface area contributed by atoms with Crippen LogP contribution in [0.4, 0.5) is 0 Å². The molecule has 0 aliphatic carbocycles. The lowest BCUT2D eigenvalue weighted by atomic mass is 10.1. The Morgan fingerprint density at radius 3 is 2.64 bits per heavy atom. The zero-order chi connectivity index (χ0) is 25.7. The molecule has 1 aromatic heterocycles. The van der Waals surface area contributed by atoms with Crippen LogP contribution in [0.3, 0.4) is 0 Å². The molecule has 8 nitrogen and oxygen atoms in total. The van der Waals surface area contributed by atoms with Crippen molar-refractivity contribution in [2.75, 3.05) is 40.0 Å². The predicted molar refractivity (Wildman–Crippen MR) is 140 cm³/mol. The molecule has 0 unspecified atom stereocenters. The highest BCUT2D eigenvalue weighted by Gasteiger charge is 2.20. The molecule has 0 radical (unpaired) electrons. The molecule has 9 heteroatoms. The number of hydrogen-bond donors (Lipinski definition) is 0. The van der Waals surface area contributed by atoms with E-state index in [9.17, 15) is 9.59 Å². The van der Waals surface area contributed by atoms with Crippen molar-refractivity contribution in [3.05, 3.63) is 63.5 Å². The maximum atomic E-state index is 13.5. The number of carbonyl (C=O) groups excluding carboxylic acids is 1. The highest BCUT2D eigenvalue weighted by molar-refractivity contribution is 6.30. The molecule has 1 aliphatic rings. The zero-order valence-electron chi connectivity index (χ0n) is 21.1. The van der Waals surface area contributed by atoms with E-state index in [1.54, 1.807) is 25.3 Å². The Morgan fingerprint density at radius 1 is 1.17 bits per heavy atom. The van der Waals surface area contributed by atoms with Gasteiger partial charge in [0.1, 0.15) is 5.75 Å². The quantitative estimate of drug-likeness (QED) is 0.410. The summed E-state index contributed by atoms with van der Waals surface area (Å²) in [6, 6.07) is 12.8. The highest BCUT2D eigenvalue weighted by atomic mass is 35.5. The van der Waals surface area contributed by atoms with Gasteiger partial charge in [0.05, 0.1) is 32.6 Å². The first-order chi connectivity index (χ1) is 17.4. The Hall–Kier alpha value is -2.94. The summed E-state index contributed by atoms with van der Waals surface area (Å²) in [5.41, 5.74) is 1.92. The first-order valence-electron chi connectivity index (χ1n) is 12.3. The van der Waals surface area contributed by atoms with Crippen LogP contribution in [0.1, 0.15) is 25.8 Å². The third-order valence-corrected chi connectivity index (χ3v) is 6.47. The first kappa shape index (κ1) is 26.1. The third-order valence-electron chi connectivity index (χ3n) is 6.23. The van der Waals surface area contributed by atoms with Gasteiger partial charge in [-0.2, -0.15) is 4.68 Å². The van der Waals surface area contributed by atoms with E-state index in [0.29, 0.717) is 34.3 Å². The molecule has 0 spiro atoms. The summed E-state index contributed by atoms with van der Waals surface area (Å²) in [5.74, 6) is 1.27. The van der Waals surface area contributed by atoms with Gasteiger partial charge in [-0.15, -0.1) is 5.10 Å². The van der Waals surface area contributed by atoms with Gasteiger partial charge < -0.3 is 9.47 Å². The standard InChI is InChI=1S/C27H33ClN4O4/c1-19(2)15-24(33)18-31-26(21-5-4-6-22(28)16-21)29-32(27(31)34)23-8-7-20(25(17-23)35-3)9-10-30-11-13-36-14-12-30/h4-8,16-17,19H,9-15,18H2,1-3H3. The number of aromatic nitrogens is 3. The van der Waals surface area contributed by atoms with Crippen molar-refractivity contribution in [1.82, 2.24) is 19.2 Å². The van der Waals surface area contributed by atoms with Crippen LogP contribution in [-0.4, -0.2) is 65.0 Å². The van der Waals surface area contributed by atoms with E-state index in [-0.39, 0.29) is 23.9 Å². The Kier molecular flexibility index (Phi) is 8.61. The van der Waals surface area contributed by atoms with Gasteiger partial charge in [-0.1, -0.05) is 43.6 Å². The number of benzene rings is 2. The van der Waals surface area contributed by atoms with Crippen LogP contribution in [0, 0.1) is 5.92 Å². The second-order valence-corrected chi connectivity index (χ2v) is 9.89. The van der Waals surface area contributed by atoms with E-state index < -0.39 is 0 Å². The smallest absolute Gasteiger partial charge is 0.351 e. The van der Waals surface area contributed by atoms with Crippen molar-refractivity contribution >= 4 is 17.4 Å². The fourth-order valence-electron chi connectivity index (χ4n) is 4.42. The Bertz CT molecular complexity index is 1260. The summed E-state index contributed by atoms with van der Waals surface area (Å²) < 4.78 is 13.8. The summed E-state index contributed by atoms with van der Waals surface area (Å²) in [6.45, 7) is 8.19. The van der Waals surface area contributed by atoms with E-state index >= 15 is 0 Å². The average Bonchev–Trinajstić information content (AvgIpc) is 3.18. The van der Waals surface area contributed by atoms with Crippen LogP contribution in [0.2, 0.25) is 5.02 Å². The highest BCUT2D eigenvalue weighted by Crippen LogP contribution is 2.25. The zero-order valence-corrected chi connectivity index (χ0v) is 21.8. The fraction of sp³-hybridized carbons (Fsp3) is 0.444. The molecule has 0 amide bonds. The number of hydrogen-bond acceptors (Lipinski definition) is 6. The third kappa shape index (κ3) is 6.24. The van der Waals surface area contributed by atoms with Crippen molar-refractivity contribution in [2.24, 2.45) is 5.92 Å². The van der Waals surface area contributed by atoms with E-state index in [1.807, 2.05) is 38.1 Å². The van der Waals surface area contributed by atoms with Gasteiger partial charge in [0, 0.05) is 42.7 Å². The number of methoxy groups -OCH3 is 1. The average molecular weight is 513 g/mol. The molecule has 1 fully saturated rings. The summed E-state index contributed by atoms with van der Waals surface area (Å²) in [4.78, 5) is 28.5. The van der Waals surface area contributed by atoms with E-state index in [0.717, 1.165) is 44.8 Å². The van der Waals surface area contributed by atoms with E-state index in [1.165, 1.54) is 9.25 Å². The molecule has 0 saturated carbocycles. The van der Waals surface area contributed by atoms with Crippen molar-refractivity contribution < 1.29 is 14.3 Å². The van der Waals surface area contributed by atoms with Crippen LogP contribution in [0.25, 0.3) is 17.1 Å². The van der Waals surface area contributed by atoms with Crippen molar-refractivity contribution in [3.63, 3.8) is 0 Å². The fourth-order valence-corrected chi connectivity index (χ4v) is 4.61. The first-order valence-corrected chi connectivity index (χ1v) is 12.7. The molecule has 0 atom stereocenters. The molecule has 192 valence electrons. The van der Waals surface area contributed by atoms with Gasteiger partial charge in [0.15, 0.2) is 11.6 Å². The molecule has 1 aliphatic heterocycles. The molecule has 1 saturated heterocycles. The molecule has 0 bridgehead atoms. The topological polar surface area (TPSA) is 78.6 Å². The summed E-state index contributed by atoms with van der Waals surface area (Å²) in [5, 5.41) is 5.16. The largest absolute Gasteiger partial charge is 0.496 e. The lowest BCUT2D eigenvalue weighted by Crippen LogP contribution is -2.37. The summed E-state index contributed by atoms with van der Waals surface area (Å²) >= 11 is 6.21. The monoisotopic (exact) mass is 512 g/mol. The van der Waals surface area contributed by atoms with Crippen LogP contribution in [-0.2, 0) is 22.5 Å². The van der Waals surface area contributed by atoms with Crippen LogP contribution >= 0.6 is 11.6 Å². The molecule has 0 N–H and O–H groups in total. The molecule has 2 heterocycles. The molecular weight excluding hydrogens is 480 g/mol. The van der Waals surface area contributed by atoms with Crippen molar-refractivity contribution in [3.8, 4) is 22.8 Å². The molecule has 2 aromatic carbocycles. The molecule has 4 rings (SSSR count). The number of carbonyl (C=O) groups is 1. The van der Waals surface area contributed by atoms with Crippen LogP contribution in [0.5, 0.6) is 5.75 Å². The lowest BCUT2D eigenvalue weighted by molar-refractivity contribution is -0.120. The van der Waals surface area contributed by atoms with Gasteiger partial charge in [-0.3, -0.25) is 14.3 Å².